The van der Waals surface area contributed by atoms with Crippen LogP contribution in [-0.2, 0) is 30.0 Å². The van der Waals surface area contributed by atoms with Crippen LogP contribution in [0.15, 0.2) is 82.5 Å². The molecule has 0 radical (unpaired) electrons. The van der Waals surface area contributed by atoms with Gasteiger partial charge in [-0.05, 0) is 24.6 Å². The number of nitrogens with one attached hydrogen (secondary N) is 2. The molecular weight excluding hydrogens is 545 g/mol. The van der Waals surface area contributed by atoms with Crippen LogP contribution in [0, 0.1) is 5.92 Å². The lowest BCUT2D eigenvalue weighted by atomic mass is 9.99. The molecule has 1 aliphatic heterocycles. The van der Waals surface area contributed by atoms with Gasteiger partial charge in [-0.25, -0.2) is 9.36 Å². The van der Waals surface area contributed by atoms with Crippen LogP contribution < -0.4 is 20.9 Å². The van der Waals surface area contributed by atoms with E-state index in [2.05, 4.69) is 10.1 Å². The van der Waals surface area contributed by atoms with Crippen molar-refractivity contribution in [2.24, 2.45) is 5.92 Å². The summed E-state index contributed by atoms with van der Waals surface area (Å²) in [6.45, 7) is 0.430. The fraction of sp³-hybridized carbons (Fsp3) is 0.346. The zero-order valence-electron chi connectivity index (χ0n) is 21.5. The van der Waals surface area contributed by atoms with Crippen molar-refractivity contribution in [2.75, 3.05) is 13.2 Å². The third-order valence-corrected chi connectivity index (χ3v) is 7.81. The van der Waals surface area contributed by atoms with Crippen molar-refractivity contribution in [2.45, 2.75) is 38.0 Å². The van der Waals surface area contributed by atoms with Crippen molar-refractivity contribution in [1.82, 2.24) is 14.6 Å². The van der Waals surface area contributed by atoms with Crippen molar-refractivity contribution < 1.29 is 38.1 Å². The van der Waals surface area contributed by atoms with E-state index in [1.54, 1.807) is 54.6 Å². The van der Waals surface area contributed by atoms with Crippen molar-refractivity contribution in [3.63, 3.8) is 0 Å². The summed E-state index contributed by atoms with van der Waals surface area (Å²) >= 11 is 0. The number of H-pyrrole nitrogens is 1. The first-order valence-electron chi connectivity index (χ1n) is 12.4. The number of nitrogens with zero attached hydrogens (tertiary/aromatic N) is 1. The van der Waals surface area contributed by atoms with Crippen molar-refractivity contribution >= 4 is 13.7 Å². The molecule has 3 aromatic rings. The summed E-state index contributed by atoms with van der Waals surface area (Å²) in [5, 5.41) is 23.2. The van der Waals surface area contributed by atoms with E-state index >= 15 is 0 Å². The highest BCUT2D eigenvalue weighted by molar-refractivity contribution is 7.52. The molecule has 2 heterocycles. The average molecular weight is 576 g/mol. The van der Waals surface area contributed by atoms with Crippen LogP contribution in [0.2, 0.25) is 0 Å². The molecule has 1 fully saturated rings. The van der Waals surface area contributed by atoms with Gasteiger partial charge in [0.25, 0.3) is 5.56 Å². The Hall–Kier alpha value is -3.58. The molecule has 1 aromatic heterocycles. The number of para-hydroxylation sites is 1. The average Bonchev–Trinajstić information content (AvgIpc) is 3.26. The smallest absolute Gasteiger partial charge is 0.459 e. The molecule has 0 unspecified atom stereocenters. The molecule has 0 spiro atoms. The number of aliphatic hydroxyl groups excluding tert-OH is 2. The number of hydrogen-bond acceptors (Lipinski definition) is 10. The maximum Gasteiger partial charge on any atom is 0.459 e. The monoisotopic (exact) mass is 575 g/mol. The van der Waals surface area contributed by atoms with E-state index in [-0.39, 0.29) is 12.4 Å². The van der Waals surface area contributed by atoms with Gasteiger partial charge in [0.15, 0.2) is 6.23 Å². The zero-order chi connectivity index (χ0) is 28.7. The highest BCUT2D eigenvalue weighted by atomic mass is 31.2. The minimum absolute atomic E-state index is 0.00782. The Morgan fingerprint density at radius 1 is 1.12 bits per heavy atom. The van der Waals surface area contributed by atoms with Crippen LogP contribution in [0.5, 0.6) is 5.75 Å². The summed E-state index contributed by atoms with van der Waals surface area (Å²) in [6, 6.07) is 17.1. The van der Waals surface area contributed by atoms with Crippen LogP contribution in [0.3, 0.4) is 0 Å². The Kier molecular flexibility index (Phi) is 9.69. The fourth-order valence-corrected chi connectivity index (χ4v) is 5.57. The van der Waals surface area contributed by atoms with E-state index in [4.69, 9.17) is 18.5 Å². The van der Waals surface area contributed by atoms with Crippen molar-refractivity contribution in [3.05, 3.63) is 99.3 Å². The number of carbonyl (C=O) groups is 1. The lowest BCUT2D eigenvalue weighted by Crippen LogP contribution is -2.37. The summed E-state index contributed by atoms with van der Waals surface area (Å²) in [7, 11) is -4.27. The number of hydrogen-bond donors (Lipinski definition) is 4. The van der Waals surface area contributed by atoms with Gasteiger partial charge in [0, 0.05) is 18.2 Å². The normalized spacial score (nSPS) is 22.8. The topological polar surface area (TPSA) is 178 Å². The molecule has 1 saturated heterocycles. The van der Waals surface area contributed by atoms with Gasteiger partial charge < -0.3 is 24.2 Å². The van der Waals surface area contributed by atoms with Gasteiger partial charge in [0.05, 0.1) is 19.3 Å². The number of aromatic nitrogens is 2. The lowest BCUT2D eigenvalue weighted by molar-refractivity contribution is -0.146. The van der Waals surface area contributed by atoms with E-state index < -0.39 is 68.6 Å². The highest BCUT2D eigenvalue weighted by Gasteiger charge is 2.46. The summed E-state index contributed by atoms with van der Waals surface area (Å²) in [5.74, 6) is -1.46. The molecule has 0 amide bonds. The third-order valence-electron chi connectivity index (χ3n) is 6.17. The predicted octanol–water partition coefficient (Wildman–Crippen LogP) is 1.33. The Bertz CT molecular complexity index is 1430. The maximum atomic E-state index is 13.8. The maximum absolute atomic E-state index is 13.8. The molecule has 214 valence electrons. The van der Waals surface area contributed by atoms with Crippen molar-refractivity contribution in [1.29, 1.82) is 0 Å². The number of benzene rings is 2. The Labute approximate surface area is 228 Å². The van der Waals surface area contributed by atoms with Gasteiger partial charge in [0.2, 0.25) is 0 Å². The first-order valence-corrected chi connectivity index (χ1v) is 14.0. The van der Waals surface area contributed by atoms with Crippen LogP contribution >= 0.6 is 7.75 Å². The number of ether oxygens (including phenoxy) is 2. The van der Waals surface area contributed by atoms with Gasteiger partial charge in [-0.2, -0.15) is 5.09 Å². The van der Waals surface area contributed by atoms with Gasteiger partial charge in [-0.15, -0.1) is 0 Å². The van der Waals surface area contributed by atoms with E-state index in [1.807, 2.05) is 6.07 Å². The summed E-state index contributed by atoms with van der Waals surface area (Å²) in [4.78, 5) is 38.4. The predicted molar refractivity (Wildman–Crippen MR) is 141 cm³/mol. The second-order valence-corrected chi connectivity index (χ2v) is 10.8. The Morgan fingerprint density at radius 2 is 1.80 bits per heavy atom. The number of carbonyl (C=O) groups excluding carboxylic acids is 1. The molecule has 4 rings (SSSR count). The molecule has 0 bridgehead atoms. The molecule has 0 saturated carbocycles. The number of aliphatic hydroxyl groups is 2. The van der Waals surface area contributed by atoms with Gasteiger partial charge in [-0.3, -0.25) is 23.7 Å². The van der Waals surface area contributed by atoms with Crippen LogP contribution in [0.4, 0.5) is 0 Å². The van der Waals surface area contributed by atoms with Gasteiger partial charge in [-0.1, -0.05) is 48.5 Å². The van der Waals surface area contributed by atoms with E-state index in [1.165, 1.54) is 6.92 Å². The number of rotatable bonds is 12. The molecule has 40 heavy (non-hydrogen) atoms. The molecule has 0 aliphatic carbocycles. The van der Waals surface area contributed by atoms with E-state index in [0.29, 0.717) is 0 Å². The quantitative estimate of drug-likeness (QED) is 0.181. The number of esters is 1. The Balaban J connectivity index is 1.47. The molecule has 6 atom stereocenters. The fourth-order valence-electron chi connectivity index (χ4n) is 4.06. The minimum Gasteiger partial charge on any atom is -0.460 e. The Morgan fingerprint density at radius 3 is 2.45 bits per heavy atom. The molecule has 1 aliphatic rings. The van der Waals surface area contributed by atoms with E-state index in [9.17, 15) is 29.2 Å². The first-order chi connectivity index (χ1) is 19.2. The lowest BCUT2D eigenvalue weighted by Gasteiger charge is -2.25. The van der Waals surface area contributed by atoms with Crippen LogP contribution in [0.25, 0.3) is 0 Å². The largest absolute Gasteiger partial charge is 0.460 e. The van der Waals surface area contributed by atoms with Gasteiger partial charge >= 0.3 is 19.4 Å². The van der Waals surface area contributed by atoms with Crippen molar-refractivity contribution in [3.8, 4) is 5.75 Å². The zero-order valence-corrected chi connectivity index (χ0v) is 22.4. The highest BCUT2D eigenvalue weighted by Crippen LogP contribution is 2.46. The molecule has 14 heteroatoms. The second kappa shape index (κ2) is 13.2. The third kappa shape index (κ3) is 7.33. The van der Waals surface area contributed by atoms with Gasteiger partial charge in [0.1, 0.15) is 24.5 Å². The van der Waals surface area contributed by atoms with Crippen LogP contribution in [0.1, 0.15) is 18.7 Å². The first kappa shape index (κ1) is 29.4. The standard InChI is InChI=1S/C26H30N3O10P/c1-17(25(33)36-15-18-8-4-2-5-9-18)28-40(35,39-19-10-6-3-7-11-19)37-16-21-20(14-30)23(32)24(38-21)29-13-12-22(31)27-26(29)34/h2-13,17,20-21,23-24,30,32H,14-16H2,1H3,(H,28,35)(H,27,31,34)/t17-,20-,21-,23-,24-,40+/m1/s1. The molecule has 2 aromatic carbocycles. The summed E-state index contributed by atoms with van der Waals surface area (Å²) in [5.41, 5.74) is -0.683. The minimum atomic E-state index is -4.27. The second-order valence-electron chi connectivity index (χ2n) is 9.06. The SMILES string of the molecule is C[C@@H](N[P@](=O)(OC[C@H]1O[C@@H](n2ccc(=O)[nH]c2=O)[C@H](O)[C@@H]1CO)Oc1ccccc1)C(=O)OCc1ccccc1. The van der Waals surface area contributed by atoms with Crippen LogP contribution in [-0.4, -0.2) is 57.2 Å². The van der Waals surface area contributed by atoms with E-state index in [0.717, 1.165) is 22.4 Å². The molecule has 4 N–H and O–H groups in total. The number of aromatic amines is 1. The summed E-state index contributed by atoms with van der Waals surface area (Å²) < 4.78 is 37.1. The molecular formula is C26H30N3O10P. The summed E-state index contributed by atoms with van der Waals surface area (Å²) in [6.07, 6.45) is -2.51. The molecule has 13 nitrogen and oxygen atoms in total.